The molecule has 5 atom stereocenters. The fraction of sp³-hybridized carbons (Fsp3) is 0.389. The summed E-state index contributed by atoms with van der Waals surface area (Å²) >= 11 is 1.35. The van der Waals surface area contributed by atoms with Gasteiger partial charge < -0.3 is 34.3 Å². The van der Waals surface area contributed by atoms with Gasteiger partial charge in [0.1, 0.15) is 24.1 Å². The molecule has 4 heterocycles. The van der Waals surface area contributed by atoms with Crippen LogP contribution in [0.25, 0.3) is 11.2 Å². The van der Waals surface area contributed by atoms with E-state index in [1.807, 2.05) is 24.3 Å². The van der Waals surface area contributed by atoms with Gasteiger partial charge in [0, 0.05) is 5.75 Å². The van der Waals surface area contributed by atoms with Crippen molar-refractivity contribution in [1.82, 2.24) is 19.5 Å². The summed E-state index contributed by atoms with van der Waals surface area (Å²) in [5.74, 6) is 1.19. The Hall–Kier alpha value is -2.25. The summed E-state index contributed by atoms with van der Waals surface area (Å²) in [6, 6.07) is 7.55. The van der Waals surface area contributed by atoms with Gasteiger partial charge >= 0.3 is 8.60 Å². The first kappa shape index (κ1) is 21.6. The third kappa shape index (κ3) is 3.86. The van der Waals surface area contributed by atoms with Crippen molar-refractivity contribution in [2.45, 2.75) is 35.4 Å². The Morgan fingerprint density at radius 2 is 2.16 bits per heavy atom. The lowest BCUT2D eigenvalue weighted by atomic mass is 10.1. The summed E-state index contributed by atoms with van der Waals surface area (Å²) in [6.45, 7) is 0.0670. The Kier molecular flexibility index (Phi) is 5.80. The fourth-order valence-electron chi connectivity index (χ4n) is 3.65. The van der Waals surface area contributed by atoms with Gasteiger partial charge in [-0.2, -0.15) is 4.98 Å². The summed E-state index contributed by atoms with van der Waals surface area (Å²) in [4.78, 5) is 33.2. The fourth-order valence-corrected chi connectivity index (χ4v) is 5.43. The molecule has 2 aliphatic rings. The minimum Gasteiger partial charge on any atom is -0.497 e. The van der Waals surface area contributed by atoms with Crippen molar-refractivity contribution in [3.63, 3.8) is 0 Å². The number of nitrogens with zero attached hydrogens (tertiary/aromatic N) is 3. The molecule has 5 unspecified atom stereocenters. The van der Waals surface area contributed by atoms with E-state index >= 15 is 0 Å². The van der Waals surface area contributed by atoms with Crippen LogP contribution in [0.2, 0.25) is 0 Å². The molecule has 1 aromatic carbocycles. The zero-order valence-electron chi connectivity index (χ0n) is 16.7. The molecule has 0 bridgehead atoms. The molecule has 0 radical (unpaired) electrons. The number of imidazole rings is 1. The molecular formula is C18H20N5O7PS. The minimum absolute atomic E-state index is 0.0670. The maximum Gasteiger partial charge on any atom is 0.330 e. The van der Waals surface area contributed by atoms with Crippen molar-refractivity contribution in [3.8, 4) is 5.75 Å². The summed E-state index contributed by atoms with van der Waals surface area (Å²) in [5.41, 5.74) is 6.51. The number of hydrogen-bond donors (Lipinski definition) is 4. The maximum atomic E-state index is 12.4. The van der Waals surface area contributed by atoms with Crippen LogP contribution in [0.15, 0.2) is 34.2 Å². The second kappa shape index (κ2) is 8.60. The molecule has 3 aromatic rings. The van der Waals surface area contributed by atoms with E-state index in [4.69, 9.17) is 24.3 Å². The Labute approximate surface area is 186 Å². The van der Waals surface area contributed by atoms with Crippen LogP contribution < -0.4 is 16.0 Å². The first-order valence-corrected chi connectivity index (χ1v) is 11.7. The minimum atomic E-state index is -2.09. The monoisotopic (exact) mass is 481 g/mol. The number of nitrogens with two attached hydrogens (primary N) is 1. The summed E-state index contributed by atoms with van der Waals surface area (Å²) in [7, 11) is -0.492. The van der Waals surface area contributed by atoms with Gasteiger partial charge in [-0.25, -0.2) is 4.98 Å². The molecule has 0 saturated carbocycles. The third-order valence-corrected chi connectivity index (χ3v) is 7.01. The van der Waals surface area contributed by atoms with E-state index in [2.05, 4.69) is 15.0 Å². The van der Waals surface area contributed by atoms with Crippen LogP contribution in [0.5, 0.6) is 5.75 Å². The van der Waals surface area contributed by atoms with E-state index in [1.165, 1.54) is 11.8 Å². The van der Waals surface area contributed by atoms with Gasteiger partial charge in [-0.05, 0) is 17.7 Å². The number of aromatic nitrogens is 4. The second-order valence-electron chi connectivity index (χ2n) is 7.18. The number of methoxy groups -OCH3 is 1. The normalized spacial score (nSPS) is 27.5. The van der Waals surface area contributed by atoms with E-state index in [-0.39, 0.29) is 23.7 Å². The predicted octanol–water partition coefficient (Wildman–Crippen LogP) is 0.896. The molecule has 0 amide bonds. The van der Waals surface area contributed by atoms with Crippen LogP contribution >= 0.6 is 20.4 Å². The van der Waals surface area contributed by atoms with Crippen LogP contribution in [0.4, 0.5) is 5.95 Å². The number of aliphatic hydroxyl groups is 1. The Balaban J connectivity index is 1.52. The van der Waals surface area contributed by atoms with Gasteiger partial charge in [0.25, 0.3) is 5.56 Å². The summed E-state index contributed by atoms with van der Waals surface area (Å²) in [6.07, 6.45) is -3.51. The second-order valence-corrected chi connectivity index (χ2v) is 9.07. The number of aliphatic hydroxyl groups excluding tert-OH is 1. The van der Waals surface area contributed by atoms with Gasteiger partial charge in [-0.15, -0.1) is 0 Å². The van der Waals surface area contributed by atoms with E-state index in [9.17, 15) is 14.8 Å². The van der Waals surface area contributed by atoms with Crippen LogP contribution in [0.1, 0.15) is 11.8 Å². The summed E-state index contributed by atoms with van der Waals surface area (Å²) in [5, 5.41) is 11.3. The number of thioether (sulfide) groups is 1. The van der Waals surface area contributed by atoms with Crippen molar-refractivity contribution in [2.24, 2.45) is 0 Å². The van der Waals surface area contributed by atoms with Gasteiger partial charge in [0.15, 0.2) is 22.5 Å². The lowest BCUT2D eigenvalue weighted by Gasteiger charge is -2.27. The lowest BCUT2D eigenvalue weighted by molar-refractivity contribution is -0.0614. The number of fused-ring (bicyclic) bond motifs is 2. The van der Waals surface area contributed by atoms with Crippen LogP contribution in [0.3, 0.4) is 0 Å². The van der Waals surface area contributed by atoms with E-state index in [0.29, 0.717) is 10.9 Å². The van der Waals surface area contributed by atoms with Crippen molar-refractivity contribution in [3.05, 3.63) is 40.2 Å². The molecular weight excluding hydrogens is 461 g/mol. The molecule has 14 heteroatoms. The number of rotatable bonds is 5. The molecule has 32 heavy (non-hydrogen) atoms. The van der Waals surface area contributed by atoms with Gasteiger partial charge in [-0.1, -0.05) is 23.9 Å². The number of aromatic amines is 1. The molecule has 170 valence electrons. The molecule has 5 rings (SSSR count). The highest BCUT2D eigenvalue weighted by Crippen LogP contribution is 2.47. The Morgan fingerprint density at radius 3 is 2.91 bits per heavy atom. The zero-order valence-corrected chi connectivity index (χ0v) is 18.5. The predicted molar refractivity (Wildman–Crippen MR) is 115 cm³/mol. The Bertz CT molecular complexity index is 1190. The standard InChI is InChI=1S/C18H20N5O7PS/c1-27-9-4-2-8(3-5-9)7-32-18-20-11-14(21-17(19)22-15(11)25)23(18)16-12(24)13-10(29-16)6-28-31(26)30-13/h2-5,10,12-13,16,24,26H,6-7H2,1H3,(H3,19,21,22,25). The number of hydrogen-bond acceptors (Lipinski definition) is 11. The number of H-pyrrole nitrogens is 1. The van der Waals surface area contributed by atoms with Gasteiger partial charge in [0.2, 0.25) is 5.95 Å². The molecule has 5 N–H and O–H groups in total. The molecule has 0 aliphatic carbocycles. The highest BCUT2D eigenvalue weighted by Gasteiger charge is 2.50. The number of ether oxygens (including phenoxy) is 2. The van der Waals surface area contributed by atoms with Crippen molar-refractivity contribution in [2.75, 3.05) is 19.5 Å². The average molecular weight is 481 g/mol. The molecule has 2 fully saturated rings. The summed E-state index contributed by atoms with van der Waals surface area (Å²) < 4.78 is 23.2. The number of nitrogen functional groups attached to an aromatic ring is 1. The SMILES string of the molecule is COc1ccc(CSc2nc3c(=O)[nH]c(N)nc3n2C2OC3COP(O)OC3C2O)cc1. The molecule has 2 aliphatic heterocycles. The van der Waals surface area contributed by atoms with Crippen molar-refractivity contribution in [1.29, 1.82) is 0 Å². The lowest BCUT2D eigenvalue weighted by Crippen LogP contribution is -2.38. The van der Waals surface area contributed by atoms with Crippen molar-refractivity contribution < 1.29 is 28.5 Å². The van der Waals surface area contributed by atoms with E-state index in [0.717, 1.165) is 11.3 Å². The zero-order chi connectivity index (χ0) is 22.4. The number of anilines is 1. The molecule has 2 saturated heterocycles. The maximum absolute atomic E-state index is 12.4. The first-order valence-electron chi connectivity index (χ1n) is 9.60. The van der Waals surface area contributed by atoms with Crippen LogP contribution in [0, 0.1) is 0 Å². The Morgan fingerprint density at radius 1 is 1.38 bits per heavy atom. The highest BCUT2D eigenvalue weighted by molar-refractivity contribution is 7.98. The van der Waals surface area contributed by atoms with E-state index in [1.54, 1.807) is 11.7 Å². The average Bonchev–Trinajstić information content (AvgIpc) is 3.30. The molecule has 12 nitrogen and oxygen atoms in total. The van der Waals surface area contributed by atoms with E-state index < -0.39 is 38.7 Å². The number of nitrogens with one attached hydrogen (secondary N) is 1. The molecule has 2 aromatic heterocycles. The first-order chi connectivity index (χ1) is 15.4. The van der Waals surface area contributed by atoms with Gasteiger partial charge in [-0.3, -0.25) is 14.3 Å². The topological polar surface area (TPSA) is 167 Å². The smallest absolute Gasteiger partial charge is 0.330 e. The van der Waals surface area contributed by atoms with Crippen LogP contribution in [-0.2, 0) is 19.5 Å². The van der Waals surface area contributed by atoms with Crippen LogP contribution in [-0.4, -0.2) is 61.5 Å². The van der Waals surface area contributed by atoms with Gasteiger partial charge in [0.05, 0.1) is 13.7 Å². The molecule has 0 spiro atoms. The third-order valence-electron chi connectivity index (χ3n) is 5.19. The highest BCUT2D eigenvalue weighted by atomic mass is 32.2. The van der Waals surface area contributed by atoms with Crippen molar-refractivity contribution >= 4 is 37.5 Å². The largest absolute Gasteiger partial charge is 0.497 e. The number of benzene rings is 1. The quantitative estimate of drug-likeness (QED) is 0.302.